The second-order valence-corrected chi connectivity index (χ2v) is 3.65. The van der Waals surface area contributed by atoms with Crippen LogP contribution >= 0.6 is 0 Å². The number of carbonyl (C=O) groups excluding carboxylic acids is 1. The first-order chi connectivity index (χ1) is 5.88. The lowest BCUT2D eigenvalue weighted by atomic mass is 9.92. The summed E-state index contributed by atoms with van der Waals surface area (Å²) in [6, 6.07) is 0. The zero-order valence-corrected chi connectivity index (χ0v) is 7.21. The van der Waals surface area contributed by atoms with Gasteiger partial charge in [0.05, 0.1) is 6.61 Å². The van der Waals surface area contributed by atoms with Gasteiger partial charge in [-0.1, -0.05) is 0 Å². The van der Waals surface area contributed by atoms with Gasteiger partial charge in [0, 0.05) is 25.0 Å². The first kappa shape index (κ1) is 8.20. The average molecular weight is 169 g/mol. The molecule has 2 aliphatic rings. The highest BCUT2D eigenvalue weighted by Crippen LogP contribution is 2.21. The fraction of sp³-hybridized carbons (Fsp3) is 0.889. The lowest BCUT2D eigenvalue weighted by Crippen LogP contribution is -2.25. The Morgan fingerprint density at radius 3 is 2.83 bits per heavy atom. The minimum atomic E-state index is 0.204. The molecule has 0 aliphatic carbocycles. The summed E-state index contributed by atoms with van der Waals surface area (Å²) in [5.74, 6) is 0.907. The molecule has 0 amide bonds. The molecular formula is C9H15NO2. The van der Waals surface area contributed by atoms with E-state index in [0.29, 0.717) is 12.4 Å². The zero-order valence-electron chi connectivity index (χ0n) is 7.21. The van der Waals surface area contributed by atoms with E-state index in [4.69, 9.17) is 4.74 Å². The van der Waals surface area contributed by atoms with Crippen LogP contribution < -0.4 is 5.32 Å². The third-order valence-electron chi connectivity index (χ3n) is 2.79. The number of carbonyl (C=O) groups is 1. The molecule has 2 heterocycles. The maximum Gasteiger partial charge on any atom is 0.142 e. The molecule has 2 unspecified atom stereocenters. The second-order valence-electron chi connectivity index (χ2n) is 3.65. The first-order valence-electron chi connectivity index (χ1n) is 4.70. The Bertz CT molecular complexity index is 151. The largest absolute Gasteiger partial charge is 0.381 e. The molecule has 0 spiro atoms. The molecule has 3 heteroatoms. The lowest BCUT2D eigenvalue weighted by Gasteiger charge is -2.11. The maximum atomic E-state index is 11.7. The minimum absolute atomic E-state index is 0.204. The van der Waals surface area contributed by atoms with Crippen LogP contribution in [0.25, 0.3) is 0 Å². The first-order valence-corrected chi connectivity index (χ1v) is 4.70. The predicted molar refractivity (Wildman–Crippen MR) is 44.9 cm³/mol. The van der Waals surface area contributed by atoms with Crippen LogP contribution in [-0.2, 0) is 9.53 Å². The molecule has 2 aliphatic heterocycles. The van der Waals surface area contributed by atoms with Gasteiger partial charge in [0.2, 0.25) is 0 Å². The maximum absolute atomic E-state index is 11.7. The molecule has 0 saturated carbocycles. The van der Waals surface area contributed by atoms with Crippen molar-refractivity contribution in [3.63, 3.8) is 0 Å². The van der Waals surface area contributed by atoms with E-state index in [1.807, 2.05) is 0 Å². The van der Waals surface area contributed by atoms with Crippen LogP contribution in [-0.4, -0.2) is 32.1 Å². The van der Waals surface area contributed by atoms with Gasteiger partial charge in [-0.2, -0.15) is 0 Å². The molecule has 0 aromatic carbocycles. The van der Waals surface area contributed by atoms with Gasteiger partial charge in [0.1, 0.15) is 5.78 Å². The molecule has 2 saturated heterocycles. The standard InChI is InChI=1S/C9H15NO2/c11-9(7-1-3-10-5-7)8-2-4-12-6-8/h7-8,10H,1-6H2. The Morgan fingerprint density at radius 1 is 1.33 bits per heavy atom. The van der Waals surface area contributed by atoms with Crippen molar-refractivity contribution < 1.29 is 9.53 Å². The van der Waals surface area contributed by atoms with Crippen LogP contribution in [0.2, 0.25) is 0 Å². The number of hydrogen-bond acceptors (Lipinski definition) is 3. The quantitative estimate of drug-likeness (QED) is 0.642. The van der Waals surface area contributed by atoms with Crippen molar-refractivity contribution in [2.45, 2.75) is 12.8 Å². The number of ether oxygens (including phenoxy) is 1. The van der Waals surface area contributed by atoms with Crippen molar-refractivity contribution in [1.82, 2.24) is 5.32 Å². The predicted octanol–water partition coefficient (Wildman–Crippen LogP) is 0.201. The fourth-order valence-electron chi connectivity index (χ4n) is 1.99. The fourth-order valence-corrected chi connectivity index (χ4v) is 1.99. The molecule has 12 heavy (non-hydrogen) atoms. The molecule has 2 fully saturated rings. The van der Waals surface area contributed by atoms with Gasteiger partial charge in [0.15, 0.2) is 0 Å². The Labute approximate surface area is 72.5 Å². The molecule has 0 bridgehead atoms. The summed E-state index contributed by atoms with van der Waals surface area (Å²) in [4.78, 5) is 11.7. The number of ketones is 1. The van der Waals surface area contributed by atoms with E-state index in [1.165, 1.54) is 0 Å². The molecule has 0 aromatic rings. The number of rotatable bonds is 2. The monoisotopic (exact) mass is 169 g/mol. The van der Waals surface area contributed by atoms with Crippen LogP contribution in [0.4, 0.5) is 0 Å². The highest BCUT2D eigenvalue weighted by molar-refractivity contribution is 5.84. The Morgan fingerprint density at radius 2 is 2.25 bits per heavy atom. The van der Waals surface area contributed by atoms with E-state index in [2.05, 4.69) is 5.32 Å². The van der Waals surface area contributed by atoms with Crippen molar-refractivity contribution in [3.05, 3.63) is 0 Å². The SMILES string of the molecule is O=C(C1CCNC1)C1CCOC1. The van der Waals surface area contributed by atoms with Crippen LogP contribution in [0.1, 0.15) is 12.8 Å². The van der Waals surface area contributed by atoms with Crippen molar-refractivity contribution >= 4 is 5.78 Å². The van der Waals surface area contributed by atoms with Crippen LogP contribution in [0.15, 0.2) is 0 Å². The smallest absolute Gasteiger partial charge is 0.142 e. The molecule has 2 atom stereocenters. The third-order valence-corrected chi connectivity index (χ3v) is 2.79. The van der Waals surface area contributed by atoms with E-state index < -0.39 is 0 Å². The van der Waals surface area contributed by atoms with E-state index >= 15 is 0 Å². The van der Waals surface area contributed by atoms with E-state index in [1.54, 1.807) is 0 Å². The Hall–Kier alpha value is -0.410. The van der Waals surface area contributed by atoms with Gasteiger partial charge in [-0.05, 0) is 19.4 Å². The minimum Gasteiger partial charge on any atom is -0.381 e. The molecule has 3 nitrogen and oxygen atoms in total. The Balaban J connectivity index is 1.89. The van der Waals surface area contributed by atoms with Crippen molar-refractivity contribution in [3.8, 4) is 0 Å². The van der Waals surface area contributed by atoms with Crippen molar-refractivity contribution in [2.24, 2.45) is 11.8 Å². The molecule has 0 aromatic heterocycles. The lowest BCUT2D eigenvalue weighted by molar-refractivity contribution is -0.126. The van der Waals surface area contributed by atoms with E-state index in [0.717, 1.165) is 32.5 Å². The average Bonchev–Trinajstić information content (AvgIpc) is 2.77. The summed E-state index contributed by atoms with van der Waals surface area (Å²) in [5, 5.41) is 3.22. The number of Topliss-reactive ketones (excluding diaryl/α,β-unsaturated/α-hetero) is 1. The number of hydrogen-bond donors (Lipinski definition) is 1. The van der Waals surface area contributed by atoms with Crippen LogP contribution in [0, 0.1) is 11.8 Å². The van der Waals surface area contributed by atoms with E-state index in [9.17, 15) is 4.79 Å². The van der Waals surface area contributed by atoms with Crippen molar-refractivity contribution in [2.75, 3.05) is 26.3 Å². The highest BCUT2D eigenvalue weighted by Gasteiger charge is 2.31. The molecule has 0 radical (unpaired) electrons. The molecule has 68 valence electrons. The summed E-state index contributed by atoms with van der Waals surface area (Å²) in [6.45, 7) is 3.32. The highest BCUT2D eigenvalue weighted by atomic mass is 16.5. The van der Waals surface area contributed by atoms with E-state index in [-0.39, 0.29) is 11.8 Å². The molecule has 2 rings (SSSR count). The summed E-state index contributed by atoms with van der Waals surface area (Å²) >= 11 is 0. The zero-order chi connectivity index (χ0) is 8.39. The van der Waals surface area contributed by atoms with Gasteiger partial charge in [-0.3, -0.25) is 4.79 Å². The van der Waals surface area contributed by atoms with Crippen molar-refractivity contribution in [1.29, 1.82) is 0 Å². The van der Waals surface area contributed by atoms with Gasteiger partial charge in [-0.25, -0.2) is 0 Å². The summed E-state index contributed by atoms with van der Waals surface area (Å²) < 4.78 is 5.20. The molecule has 1 N–H and O–H groups in total. The van der Waals surface area contributed by atoms with Gasteiger partial charge >= 0.3 is 0 Å². The topological polar surface area (TPSA) is 38.3 Å². The van der Waals surface area contributed by atoms with Gasteiger partial charge in [0.25, 0.3) is 0 Å². The normalized spacial score (nSPS) is 35.7. The summed E-state index contributed by atoms with van der Waals surface area (Å²) in [7, 11) is 0. The number of nitrogens with one attached hydrogen (secondary N) is 1. The van der Waals surface area contributed by atoms with Crippen LogP contribution in [0.5, 0.6) is 0 Å². The summed E-state index contributed by atoms with van der Waals surface area (Å²) in [6.07, 6.45) is 1.96. The van der Waals surface area contributed by atoms with Gasteiger partial charge < -0.3 is 10.1 Å². The summed E-state index contributed by atoms with van der Waals surface area (Å²) in [5.41, 5.74) is 0. The van der Waals surface area contributed by atoms with Crippen LogP contribution in [0.3, 0.4) is 0 Å². The Kier molecular flexibility index (Phi) is 2.42. The third kappa shape index (κ3) is 1.52. The van der Waals surface area contributed by atoms with Gasteiger partial charge in [-0.15, -0.1) is 0 Å². The second kappa shape index (κ2) is 3.54. The molecular weight excluding hydrogens is 154 g/mol.